The van der Waals surface area contributed by atoms with Crippen molar-refractivity contribution in [2.45, 2.75) is 32.6 Å². The van der Waals surface area contributed by atoms with Gasteiger partial charge < -0.3 is 5.32 Å². The normalized spacial score (nSPS) is 26.2. The molecule has 4 heteroatoms. The molecule has 1 heterocycles. The van der Waals surface area contributed by atoms with Gasteiger partial charge in [-0.05, 0) is 31.6 Å². The zero-order valence-corrected chi connectivity index (χ0v) is 9.72. The minimum absolute atomic E-state index is 0.150. The molecule has 1 aliphatic rings. The smallest absolute Gasteiger partial charge is 0.229 e. The molecule has 0 aliphatic heterocycles. The molecule has 0 aromatic carbocycles. The van der Waals surface area contributed by atoms with Crippen LogP contribution in [0.3, 0.4) is 0 Å². The van der Waals surface area contributed by atoms with Crippen molar-refractivity contribution < 1.29 is 4.79 Å². The topological polar surface area (TPSA) is 42.0 Å². The summed E-state index contributed by atoms with van der Waals surface area (Å²) in [6.07, 6.45) is 6.12. The van der Waals surface area contributed by atoms with Gasteiger partial charge in [-0.15, -0.1) is 11.3 Å². The van der Waals surface area contributed by atoms with Gasteiger partial charge in [0.05, 0.1) is 0 Å². The maximum absolute atomic E-state index is 11.8. The van der Waals surface area contributed by atoms with E-state index in [9.17, 15) is 4.79 Å². The summed E-state index contributed by atoms with van der Waals surface area (Å²) in [5.41, 5.74) is 0. The SMILES string of the molecule is CC1CCC(C(=O)Nc2nccs2)CC1. The van der Waals surface area contributed by atoms with Crippen molar-refractivity contribution in [3.63, 3.8) is 0 Å². The van der Waals surface area contributed by atoms with Gasteiger partial charge in [-0.25, -0.2) is 4.98 Å². The predicted molar refractivity (Wildman–Crippen MR) is 61.9 cm³/mol. The molecule has 0 saturated heterocycles. The third kappa shape index (κ3) is 2.78. The van der Waals surface area contributed by atoms with Crippen LogP contribution in [0.4, 0.5) is 5.13 Å². The van der Waals surface area contributed by atoms with E-state index in [-0.39, 0.29) is 11.8 Å². The van der Waals surface area contributed by atoms with Crippen molar-refractivity contribution in [1.29, 1.82) is 0 Å². The Bertz CT molecular complexity index is 315. The van der Waals surface area contributed by atoms with Crippen molar-refractivity contribution in [2.24, 2.45) is 11.8 Å². The Balaban J connectivity index is 1.86. The van der Waals surface area contributed by atoms with E-state index >= 15 is 0 Å². The van der Waals surface area contributed by atoms with E-state index in [1.54, 1.807) is 6.20 Å². The second-order valence-corrected chi connectivity index (χ2v) is 5.18. The van der Waals surface area contributed by atoms with E-state index < -0.39 is 0 Å². The van der Waals surface area contributed by atoms with Crippen molar-refractivity contribution in [3.8, 4) is 0 Å². The summed E-state index contributed by atoms with van der Waals surface area (Å²) in [4.78, 5) is 15.9. The molecule has 15 heavy (non-hydrogen) atoms. The van der Waals surface area contributed by atoms with Crippen LogP contribution in [0.25, 0.3) is 0 Å². The lowest BCUT2D eigenvalue weighted by Crippen LogP contribution is -2.26. The van der Waals surface area contributed by atoms with Crippen LogP contribution in [0.15, 0.2) is 11.6 Å². The number of amides is 1. The lowest BCUT2D eigenvalue weighted by molar-refractivity contribution is -0.121. The first-order chi connectivity index (χ1) is 7.25. The molecule has 0 spiro atoms. The van der Waals surface area contributed by atoms with E-state index in [2.05, 4.69) is 17.2 Å². The minimum Gasteiger partial charge on any atom is -0.302 e. The fraction of sp³-hybridized carbons (Fsp3) is 0.636. The standard InChI is InChI=1S/C11H16N2OS/c1-8-2-4-9(5-3-8)10(14)13-11-12-6-7-15-11/h6-9H,2-5H2,1H3,(H,12,13,14). The number of aromatic nitrogens is 1. The Morgan fingerprint density at radius 3 is 2.80 bits per heavy atom. The Morgan fingerprint density at radius 1 is 1.47 bits per heavy atom. The largest absolute Gasteiger partial charge is 0.302 e. The number of hydrogen-bond donors (Lipinski definition) is 1. The third-order valence-corrected chi connectivity index (χ3v) is 3.74. The summed E-state index contributed by atoms with van der Waals surface area (Å²) in [6.45, 7) is 2.26. The summed E-state index contributed by atoms with van der Waals surface area (Å²) in [7, 11) is 0. The van der Waals surface area contributed by atoms with Crippen molar-refractivity contribution in [1.82, 2.24) is 4.98 Å². The molecule has 1 amide bonds. The first-order valence-corrected chi connectivity index (χ1v) is 6.34. The number of nitrogens with zero attached hydrogens (tertiary/aromatic N) is 1. The highest BCUT2D eigenvalue weighted by molar-refractivity contribution is 7.13. The Hall–Kier alpha value is -0.900. The van der Waals surface area contributed by atoms with Gasteiger partial charge in [0.25, 0.3) is 0 Å². The second-order valence-electron chi connectivity index (χ2n) is 4.28. The van der Waals surface area contributed by atoms with Gasteiger partial charge in [-0.2, -0.15) is 0 Å². The highest BCUT2D eigenvalue weighted by Crippen LogP contribution is 2.29. The molecule has 1 aromatic rings. The Kier molecular flexibility index (Phi) is 3.36. The van der Waals surface area contributed by atoms with Crippen molar-refractivity contribution in [2.75, 3.05) is 5.32 Å². The first-order valence-electron chi connectivity index (χ1n) is 5.46. The van der Waals surface area contributed by atoms with Crippen LogP contribution in [0.5, 0.6) is 0 Å². The van der Waals surface area contributed by atoms with E-state index in [0.717, 1.165) is 23.9 Å². The van der Waals surface area contributed by atoms with Crippen LogP contribution in [0.2, 0.25) is 0 Å². The number of carbonyl (C=O) groups is 1. The molecule has 0 bridgehead atoms. The van der Waals surface area contributed by atoms with Crippen LogP contribution in [-0.2, 0) is 4.79 Å². The monoisotopic (exact) mass is 224 g/mol. The lowest BCUT2D eigenvalue weighted by Gasteiger charge is -2.24. The summed E-state index contributed by atoms with van der Waals surface area (Å²) < 4.78 is 0. The van der Waals surface area contributed by atoms with Gasteiger partial charge in [0.2, 0.25) is 5.91 Å². The van der Waals surface area contributed by atoms with Gasteiger partial charge in [0, 0.05) is 17.5 Å². The third-order valence-electron chi connectivity index (χ3n) is 3.05. The Morgan fingerprint density at radius 2 is 2.20 bits per heavy atom. The van der Waals surface area contributed by atoms with E-state index in [1.165, 1.54) is 24.2 Å². The van der Waals surface area contributed by atoms with Crippen LogP contribution in [0.1, 0.15) is 32.6 Å². The number of hydrogen-bond acceptors (Lipinski definition) is 3. The fourth-order valence-electron chi connectivity index (χ4n) is 2.01. The molecule has 3 nitrogen and oxygen atoms in total. The predicted octanol–water partition coefficient (Wildman–Crippen LogP) is 2.91. The Labute approximate surface area is 93.9 Å². The van der Waals surface area contributed by atoms with Gasteiger partial charge in [0.15, 0.2) is 5.13 Å². The number of thiazole rings is 1. The van der Waals surface area contributed by atoms with Gasteiger partial charge >= 0.3 is 0 Å². The van der Waals surface area contributed by atoms with Crippen molar-refractivity contribution >= 4 is 22.4 Å². The number of anilines is 1. The highest BCUT2D eigenvalue weighted by Gasteiger charge is 2.24. The average Bonchev–Trinajstić information content (AvgIpc) is 2.71. The van der Waals surface area contributed by atoms with E-state index in [4.69, 9.17) is 0 Å². The number of carbonyl (C=O) groups excluding carboxylic acids is 1. The summed E-state index contributed by atoms with van der Waals surface area (Å²) in [6, 6.07) is 0. The quantitative estimate of drug-likeness (QED) is 0.839. The second kappa shape index (κ2) is 4.75. The summed E-state index contributed by atoms with van der Waals surface area (Å²) in [5.74, 6) is 1.14. The molecule has 1 fully saturated rings. The number of rotatable bonds is 2. The summed E-state index contributed by atoms with van der Waals surface area (Å²) >= 11 is 1.47. The molecule has 82 valence electrons. The average molecular weight is 224 g/mol. The van der Waals surface area contributed by atoms with Gasteiger partial charge in [0.1, 0.15) is 0 Å². The van der Waals surface area contributed by atoms with Crippen LogP contribution in [-0.4, -0.2) is 10.9 Å². The van der Waals surface area contributed by atoms with Crippen molar-refractivity contribution in [3.05, 3.63) is 11.6 Å². The van der Waals surface area contributed by atoms with Crippen LogP contribution >= 0.6 is 11.3 Å². The molecule has 1 aliphatic carbocycles. The fourth-order valence-corrected chi connectivity index (χ4v) is 2.55. The lowest BCUT2D eigenvalue weighted by atomic mass is 9.82. The molecule has 1 saturated carbocycles. The highest BCUT2D eigenvalue weighted by atomic mass is 32.1. The molecular formula is C11H16N2OS. The first kappa shape index (κ1) is 10.6. The van der Waals surface area contributed by atoms with Gasteiger partial charge in [-0.3, -0.25) is 4.79 Å². The molecule has 0 radical (unpaired) electrons. The molecule has 1 aromatic heterocycles. The molecule has 2 rings (SSSR count). The zero-order valence-electron chi connectivity index (χ0n) is 8.90. The van der Waals surface area contributed by atoms with E-state index in [0.29, 0.717) is 0 Å². The molecule has 0 atom stereocenters. The number of nitrogens with one attached hydrogen (secondary N) is 1. The molecular weight excluding hydrogens is 208 g/mol. The summed E-state index contributed by atoms with van der Waals surface area (Å²) in [5, 5.41) is 5.47. The maximum atomic E-state index is 11.8. The molecule has 1 N–H and O–H groups in total. The zero-order chi connectivity index (χ0) is 10.7. The minimum atomic E-state index is 0.150. The maximum Gasteiger partial charge on any atom is 0.229 e. The van der Waals surface area contributed by atoms with Crippen LogP contribution < -0.4 is 5.32 Å². The van der Waals surface area contributed by atoms with Crippen LogP contribution in [0, 0.1) is 11.8 Å². The molecule has 0 unspecified atom stereocenters. The van der Waals surface area contributed by atoms with Gasteiger partial charge in [-0.1, -0.05) is 6.92 Å². The van der Waals surface area contributed by atoms with E-state index in [1.807, 2.05) is 5.38 Å².